The molecule has 0 aliphatic rings. The van der Waals surface area contributed by atoms with Gasteiger partial charge >= 0.3 is 0 Å². The molecular formula is C11H13N3O2S. The summed E-state index contributed by atoms with van der Waals surface area (Å²) in [7, 11) is 3.44. The Morgan fingerprint density at radius 2 is 2.12 bits per heavy atom. The average Bonchev–Trinajstić information content (AvgIpc) is 2.84. The van der Waals surface area contributed by atoms with E-state index in [1.54, 1.807) is 7.11 Å². The number of nitrogens with one attached hydrogen (secondary N) is 1. The molecule has 1 aromatic heterocycles. The number of benzene rings is 1. The zero-order chi connectivity index (χ0) is 12.1. The maximum absolute atomic E-state index is 5.59. The normalized spacial score (nSPS) is 10.0. The lowest BCUT2D eigenvalue weighted by atomic mass is 10.3. The van der Waals surface area contributed by atoms with E-state index >= 15 is 0 Å². The summed E-state index contributed by atoms with van der Waals surface area (Å²) in [5.74, 6) is 1.53. The molecule has 5 nitrogen and oxygen atoms in total. The van der Waals surface area contributed by atoms with Gasteiger partial charge in [0.2, 0.25) is 5.13 Å². The molecule has 0 aliphatic carbocycles. The molecule has 1 aromatic carbocycles. The van der Waals surface area contributed by atoms with Crippen molar-refractivity contribution >= 4 is 16.5 Å². The summed E-state index contributed by atoms with van der Waals surface area (Å²) < 4.78 is 10.7. The molecule has 0 unspecified atom stereocenters. The first kappa shape index (κ1) is 11.7. The standard InChI is InChI=1S/C11H13N3O2S/c1-12-11-14-13-10(17-11)7-16-9-5-3-4-8(6-9)15-2/h3-6H,7H2,1-2H3,(H,12,14). The Labute approximate surface area is 103 Å². The van der Waals surface area contributed by atoms with Gasteiger partial charge in [0.05, 0.1) is 7.11 Å². The molecule has 0 spiro atoms. The van der Waals surface area contributed by atoms with Crippen LogP contribution in [0.2, 0.25) is 0 Å². The predicted molar refractivity (Wildman–Crippen MR) is 66.8 cm³/mol. The third-order valence-corrected chi connectivity index (χ3v) is 3.00. The largest absolute Gasteiger partial charge is 0.497 e. The van der Waals surface area contributed by atoms with Crippen molar-refractivity contribution in [2.45, 2.75) is 6.61 Å². The topological polar surface area (TPSA) is 56.3 Å². The fraction of sp³-hybridized carbons (Fsp3) is 0.273. The number of nitrogens with zero attached hydrogens (tertiary/aromatic N) is 2. The van der Waals surface area contributed by atoms with Crippen molar-refractivity contribution in [1.82, 2.24) is 10.2 Å². The fourth-order valence-corrected chi connectivity index (χ4v) is 1.86. The monoisotopic (exact) mass is 251 g/mol. The quantitative estimate of drug-likeness (QED) is 0.882. The molecule has 0 amide bonds. The van der Waals surface area contributed by atoms with E-state index in [0.717, 1.165) is 21.6 Å². The fourth-order valence-electron chi connectivity index (χ4n) is 1.25. The second kappa shape index (κ2) is 5.49. The van der Waals surface area contributed by atoms with E-state index in [1.165, 1.54) is 11.3 Å². The molecule has 0 saturated heterocycles. The predicted octanol–water partition coefficient (Wildman–Crippen LogP) is 2.17. The summed E-state index contributed by atoms with van der Waals surface area (Å²) in [6, 6.07) is 7.47. The van der Waals surface area contributed by atoms with Crippen molar-refractivity contribution < 1.29 is 9.47 Å². The van der Waals surface area contributed by atoms with Crippen LogP contribution in [0.5, 0.6) is 11.5 Å². The van der Waals surface area contributed by atoms with Gasteiger partial charge < -0.3 is 14.8 Å². The molecule has 0 aliphatic heterocycles. The molecule has 0 bridgehead atoms. The summed E-state index contributed by atoms with van der Waals surface area (Å²) in [6.45, 7) is 0.409. The number of hydrogen-bond acceptors (Lipinski definition) is 6. The second-order valence-corrected chi connectivity index (χ2v) is 4.28. The van der Waals surface area contributed by atoms with Crippen LogP contribution in [-0.4, -0.2) is 24.4 Å². The van der Waals surface area contributed by atoms with E-state index in [1.807, 2.05) is 31.3 Å². The minimum atomic E-state index is 0.409. The van der Waals surface area contributed by atoms with Gasteiger partial charge in [-0.3, -0.25) is 0 Å². The lowest BCUT2D eigenvalue weighted by Crippen LogP contribution is -1.95. The molecule has 0 radical (unpaired) electrons. The summed E-state index contributed by atoms with van der Waals surface area (Å²) in [4.78, 5) is 0. The number of anilines is 1. The Bertz CT molecular complexity index is 487. The lowest BCUT2D eigenvalue weighted by Gasteiger charge is -2.05. The van der Waals surface area contributed by atoms with Crippen LogP contribution in [0.3, 0.4) is 0 Å². The minimum absolute atomic E-state index is 0.409. The zero-order valence-electron chi connectivity index (χ0n) is 9.64. The highest BCUT2D eigenvalue weighted by atomic mass is 32.1. The molecular weight excluding hydrogens is 238 g/mol. The summed E-state index contributed by atoms with van der Waals surface area (Å²) in [5, 5.41) is 12.5. The van der Waals surface area contributed by atoms with Crippen molar-refractivity contribution in [3.8, 4) is 11.5 Å². The van der Waals surface area contributed by atoms with E-state index in [4.69, 9.17) is 9.47 Å². The summed E-state index contributed by atoms with van der Waals surface area (Å²) in [6.07, 6.45) is 0. The molecule has 90 valence electrons. The van der Waals surface area contributed by atoms with E-state index in [-0.39, 0.29) is 0 Å². The first-order valence-electron chi connectivity index (χ1n) is 5.09. The number of methoxy groups -OCH3 is 1. The Kier molecular flexibility index (Phi) is 3.77. The maximum Gasteiger partial charge on any atom is 0.205 e. The number of aromatic nitrogens is 2. The molecule has 0 atom stereocenters. The van der Waals surface area contributed by atoms with Crippen molar-refractivity contribution in [2.75, 3.05) is 19.5 Å². The number of ether oxygens (including phenoxy) is 2. The maximum atomic E-state index is 5.59. The van der Waals surface area contributed by atoms with Crippen LogP contribution in [-0.2, 0) is 6.61 Å². The number of rotatable bonds is 5. The molecule has 1 heterocycles. The highest BCUT2D eigenvalue weighted by Crippen LogP contribution is 2.21. The van der Waals surface area contributed by atoms with Crippen LogP contribution < -0.4 is 14.8 Å². The Morgan fingerprint density at radius 3 is 2.82 bits per heavy atom. The highest BCUT2D eigenvalue weighted by molar-refractivity contribution is 7.15. The van der Waals surface area contributed by atoms with Gasteiger partial charge in [-0.15, -0.1) is 10.2 Å². The van der Waals surface area contributed by atoms with Gasteiger partial charge in [-0.1, -0.05) is 17.4 Å². The second-order valence-electron chi connectivity index (χ2n) is 3.22. The van der Waals surface area contributed by atoms with E-state index < -0.39 is 0 Å². The molecule has 0 fully saturated rings. The van der Waals surface area contributed by atoms with Crippen LogP contribution in [0.15, 0.2) is 24.3 Å². The van der Waals surface area contributed by atoms with Gasteiger partial charge in [-0.05, 0) is 12.1 Å². The highest BCUT2D eigenvalue weighted by Gasteiger charge is 2.03. The van der Waals surface area contributed by atoms with Gasteiger partial charge in [0, 0.05) is 13.1 Å². The van der Waals surface area contributed by atoms with E-state index in [2.05, 4.69) is 15.5 Å². The zero-order valence-corrected chi connectivity index (χ0v) is 10.5. The van der Waals surface area contributed by atoms with E-state index in [0.29, 0.717) is 6.61 Å². The molecule has 2 rings (SSSR count). The van der Waals surface area contributed by atoms with Gasteiger partial charge in [0.25, 0.3) is 0 Å². The van der Waals surface area contributed by atoms with Gasteiger partial charge in [-0.2, -0.15) is 0 Å². The van der Waals surface area contributed by atoms with Crippen molar-refractivity contribution in [1.29, 1.82) is 0 Å². The van der Waals surface area contributed by atoms with Crippen LogP contribution in [0, 0.1) is 0 Å². The summed E-state index contributed by atoms with van der Waals surface area (Å²) >= 11 is 1.47. The first-order valence-corrected chi connectivity index (χ1v) is 5.90. The van der Waals surface area contributed by atoms with Crippen LogP contribution in [0.1, 0.15) is 5.01 Å². The van der Waals surface area contributed by atoms with Crippen molar-refractivity contribution in [3.63, 3.8) is 0 Å². The smallest absolute Gasteiger partial charge is 0.205 e. The van der Waals surface area contributed by atoms with Crippen LogP contribution >= 0.6 is 11.3 Å². The van der Waals surface area contributed by atoms with Crippen LogP contribution in [0.4, 0.5) is 5.13 Å². The Hall–Kier alpha value is -1.82. The molecule has 0 saturated carbocycles. The minimum Gasteiger partial charge on any atom is -0.497 e. The van der Waals surface area contributed by atoms with Crippen molar-refractivity contribution in [2.24, 2.45) is 0 Å². The average molecular weight is 251 g/mol. The SMILES string of the molecule is CNc1nnc(COc2cccc(OC)c2)s1. The Balaban J connectivity index is 1.96. The third-order valence-electron chi connectivity index (χ3n) is 2.08. The number of hydrogen-bond donors (Lipinski definition) is 1. The van der Waals surface area contributed by atoms with E-state index in [9.17, 15) is 0 Å². The molecule has 6 heteroatoms. The molecule has 1 N–H and O–H groups in total. The van der Waals surface area contributed by atoms with Crippen LogP contribution in [0.25, 0.3) is 0 Å². The lowest BCUT2D eigenvalue weighted by molar-refractivity contribution is 0.302. The van der Waals surface area contributed by atoms with Gasteiger partial charge in [0.15, 0.2) is 5.01 Å². The third kappa shape index (κ3) is 3.07. The summed E-state index contributed by atoms with van der Waals surface area (Å²) in [5.41, 5.74) is 0. The molecule has 2 aromatic rings. The van der Waals surface area contributed by atoms with Crippen molar-refractivity contribution in [3.05, 3.63) is 29.3 Å². The van der Waals surface area contributed by atoms with Gasteiger partial charge in [0.1, 0.15) is 18.1 Å². The first-order chi connectivity index (χ1) is 8.31. The van der Waals surface area contributed by atoms with Gasteiger partial charge in [-0.25, -0.2) is 0 Å². The molecule has 17 heavy (non-hydrogen) atoms. The Morgan fingerprint density at radius 1 is 1.29 bits per heavy atom.